The summed E-state index contributed by atoms with van der Waals surface area (Å²) in [5, 5.41) is 0. The van der Waals surface area contributed by atoms with Crippen molar-refractivity contribution >= 4 is 0 Å². The summed E-state index contributed by atoms with van der Waals surface area (Å²) in [6, 6.07) is 3.99. The second kappa shape index (κ2) is 7.16. The van der Waals surface area contributed by atoms with E-state index in [1.165, 1.54) is 0 Å². The van der Waals surface area contributed by atoms with Gasteiger partial charge in [-0.05, 0) is 50.8 Å². The molecule has 1 saturated heterocycles. The molecule has 4 atom stereocenters. The van der Waals surface area contributed by atoms with Crippen molar-refractivity contribution in [1.82, 2.24) is 4.98 Å². The SMILES string of the molecule is CCC(N)C(OC1CC(C)OC(C)C1)c1ccncc1. The van der Waals surface area contributed by atoms with Crippen LogP contribution in [0.15, 0.2) is 24.5 Å². The Bertz CT molecular complexity index is 389. The molecule has 0 radical (unpaired) electrons. The number of hydrogen-bond donors (Lipinski definition) is 1. The number of ether oxygens (including phenoxy) is 2. The highest BCUT2D eigenvalue weighted by molar-refractivity contribution is 5.15. The lowest BCUT2D eigenvalue weighted by Crippen LogP contribution is -2.38. The molecule has 112 valence electrons. The maximum Gasteiger partial charge on any atom is 0.0980 e. The van der Waals surface area contributed by atoms with Crippen LogP contribution in [0.25, 0.3) is 0 Å². The first-order valence-corrected chi connectivity index (χ1v) is 7.56. The lowest BCUT2D eigenvalue weighted by molar-refractivity contribution is -0.127. The molecule has 0 aromatic carbocycles. The first-order chi connectivity index (χ1) is 9.60. The highest BCUT2D eigenvalue weighted by Crippen LogP contribution is 2.29. The molecule has 0 spiro atoms. The number of aromatic nitrogens is 1. The van der Waals surface area contributed by atoms with E-state index >= 15 is 0 Å². The molecule has 1 aromatic heterocycles. The van der Waals surface area contributed by atoms with E-state index in [2.05, 4.69) is 25.8 Å². The second-order valence-electron chi connectivity index (χ2n) is 5.76. The number of nitrogens with two attached hydrogens (primary N) is 1. The van der Waals surface area contributed by atoms with Crippen molar-refractivity contribution in [2.24, 2.45) is 5.73 Å². The second-order valence-corrected chi connectivity index (χ2v) is 5.76. The van der Waals surface area contributed by atoms with Crippen LogP contribution in [0.5, 0.6) is 0 Å². The van der Waals surface area contributed by atoms with E-state index in [9.17, 15) is 0 Å². The highest BCUT2D eigenvalue weighted by atomic mass is 16.5. The van der Waals surface area contributed by atoms with Crippen LogP contribution in [0.2, 0.25) is 0 Å². The molecular formula is C16H26N2O2. The maximum atomic E-state index is 6.34. The fourth-order valence-electron chi connectivity index (χ4n) is 2.86. The standard InChI is InChI=1S/C16H26N2O2/c1-4-15(17)16(13-5-7-18-8-6-13)20-14-9-11(2)19-12(3)10-14/h5-8,11-12,14-16H,4,9-10,17H2,1-3H3. The Morgan fingerprint density at radius 1 is 1.30 bits per heavy atom. The van der Waals surface area contributed by atoms with Crippen molar-refractivity contribution in [2.75, 3.05) is 0 Å². The zero-order valence-corrected chi connectivity index (χ0v) is 12.7. The number of hydrogen-bond acceptors (Lipinski definition) is 4. The number of nitrogens with zero attached hydrogens (tertiary/aromatic N) is 1. The van der Waals surface area contributed by atoms with E-state index in [0.29, 0.717) is 0 Å². The summed E-state index contributed by atoms with van der Waals surface area (Å²) in [6.07, 6.45) is 6.99. The predicted molar refractivity (Wildman–Crippen MR) is 79.4 cm³/mol. The summed E-state index contributed by atoms with van der Waals surface area (Å²) < 4.78 is 12.1. The van der Waals surface area contributed by atoms with Crippen LogP contribution in [0.4, 0.5) is 0 Å². The van der Waals surface area contributed by atoms with E-state index in [-0.39, 0.29) is 30.5 Å². The molecular weight excluding hydrogens is 252 g/mol. The zero-order valence-electron chi connectivity index (χ0n) is 12.7. The topological polar surface area (TPSA) is 57.4 Å². The van der Waals surface area contributed by atoms with Crippen LogP contribution in [0.3, 0.4) is 0 Å². The van der Waals surface area contributed by atoms with Gasteiger partial charge in [0.05, 0.1) is 24.4 Å². The molecule has 1 fully saturated rings. The molecule has 2 N–H and O–H groups in total. The fourth-order valence-corrected chi connectivity index (χ4v) is 2.86. The minimum atomic E-state index is -0.0644. The Morgan fingerprint density at radius 2 is 1.90 bits per heavy atom. The normalized spacial score (nSPS) is 29.9. The van der Waals surface area contributed by atoms with Crippen LogP contribution in [-0.2, 0) is 9.47 Å². The molecule has 0 amide bonds. The van der Waals surface area contributed by atoms with Crippen molar-refractivity contribution in [3.8, 4) is 0 Å². The third-order valence-electron chi connectivity index (χ3n) is 3.89. The third-order valence-corrected chi connectivity index (χ3v) is 3.89. The zero-order chi connectivity index (χ0) is 14.5. The quantitative estimate of drug-likeness (QED) is 0.899. The Balaban J connectivity index is 2.08. The summed E-state index contributed by atoms with van der Waals surface area (Å²) in [5.74, 6) is 0. The molecule has 1 aliphatic heterocycles. The number of rotatable bonds is 5. The van der Waals surface area contributed by atoms with Gasteiger partial charge in [-0.3, -0.25) is 4.98 Å². The Kier molecular flexibility index (Phi) is 5.52. The molecule has 4 heteroatoms. The van der Waals surface area contributed by atoms with Gasteiger partial charge in [0.2, 0.25) is 0 Å². The summed E-state index contributed by atoms with van der Waals surface area (Å²) >= 11 is 0. The van der Waals surface area contributed by atoms with Crippen LogP contribution < -0.4 is 5.73 Å². The van der Waals surface area contributed by atoms with Crippen molar-refractivity contribution < 1.29 is 9.47 Å². The van der Waals surface area contributed by atoms with Gasteiger partial charge in [0.1, 0.15) is 0 Å². The van der Waals surface area contributed by atoms with E-state index in [1.807, 2.05) is 12.1 Å². The molecule has 1 aliphatic rings. The largest absolute Gasteiger partial charge is 0.375 e. The Hall–Kier alpha value is -0.970. The van der Waals surface area contributed by atoms with Gasteiger partial charge >= 0.3 is 0 Å². The average Bonchev–Trinajstić information content (AvgIpc) is 2.44. The van der Waals surface area contributed by atoms with Gasteiger partial charge in [-0.25, -0.2) is 0 Å². The van der Waals surface area contributed by atoms with Crippen molar-refractivity contribution in [3.05, 3.63) is 30.1 Å². The van der Waals surface area contributed by atoms with Gasteiger partial charge in [0.15, 0.2) is 0 Å². The summed E-state index contributed by atoms with van der Waals surface area (Å²) in [4.78, 5) is 4.07. The first-order valence-electron chi connectivity index (χ1n) is 7.56. The van der Waals surface area contributed by atoms with Gasteiger partial charge in [-0.2, -0.15) is 0 Å². The fraction of sp³-hybridized carbons (Fsp3) is 0.688. The van der Waals surface area contributed by atoms with Gasteiger partial charge in [0, 0.05) is 18.4 Å². The molecule has 20 heavy (non-hydrogen) atoms. The minimum Gasteiger partial charge on any atom is -0.375 e. The minimum absolute atomic E-state index is 0.00542. The molecule has 4 unspecified atom stereocenters. The van der Waals surface area contributed by atoms with Crippen LogP contribution in [0, 0.1) is 0 Å². The number of pyridine rings is 1. The molecule has 2 rings (SSSR count). The van der Waals surface area contributed by atoms with E-state index in [4.69, 9.17) is 15.2 Å². The average molecular weight is 278 g/mol. The first kappa shape index (κ1) is 15.4. The molecule has 4 nitrogen and oxygen atoms in total. The predicted octanol–water partition coefficient (Wildman–Crippen LogP) is 2.83. The van der Waals surface area contributed by atoms with Crippen molar-refractivity contribution in [1.29, 1.82) is 0 Å². The van der Waals surface area contributed by atoms with E-state index in [1.54, 1.807) is 12.4 Å². The van der Waals surface area contributed by atoms with Crippen molar-refractivity contribution in [3.63, 3.8) is 0 Å². The Labute approximate surface area is 121 Å². The molecule has 1 aromatic rings. The van der Waals surface area contributed by atoms with E-state index < -0.39 is 0 Å². The molecule has 0 saturated carbocycles. The van der Waals surface area contributed by atoms with Crippen LogP contribution >= 0.6 is 0 Å². The Morgan fingerprint density at radius 3 is 2.45 bits per heavy atom. The van der Waals surface area contributed by atoms with Gasteiger partial charge in [-0.15, -0.1) is 0 Å². The summed E-state index contributed by atoms with van der Waals surface area (Å²) in [5.41, 5.74) is 7.37. The van der Waals surface area contributed by atoms with Gasteiger partial charge in [0.25, 0.3) is 0 Å². The van der Waals surface area contributed by atoms with Gasteiger partial charge < -0.3 is 15.2 Å². The van der Waals surface area contributed by atoms with Crippen LogP contribution in [0.1, 0.15) is 51.7 Å². The smallest absolute Gasteiger partial charge is 0.0980 e. The molecule has 2 heterocycles. The lowest BCUT2D eigenvalue weighted by Gasteiger charge is -2.36. The maximum absolute atomic E-state index is 6.34. The van der Waals surface area contributed by atoms with Crippen LogP contribution in [-0.4, -0.2) is 29.3 Å². The summed E-state index contributed by atoms with van der Waals surface area (Å²) in [7, 11) is 0. The van der Waals surface area contributed by atoms with Gasteiger partial charge in [-0.1, -0.05) is 6.92 Å². The lowest BCUT2D eigenvalue weighted by atomic mass is 9.99. The van der Waals surface area contributed by atoms with Crippen molar-refractivity contribution in [2.45, 2.75) is 70.5 Å². The summed E-state index contributed by atoms with van der Waals surface area (Å²) in [6.45, 7) is 6.30. The molecule has 0 bridgehead atoms. The van der Waals surface area contributed by atoms with E-state index in [0.717, 1.165) is 24.8 Å². The monoisotopic (exact) mass is 278 g/mol. The third kappa shape index (κ3) is 4.01. The molecule has 0 aliphatic carbocycles. The highest BCUT2D eigenvalue weighted by Gasteiger charge is 2.29.